The number of carbonyl (C=O) groups excluding carboxylic acids is 2. The number of rotatable bonds is 6. The molecule has 1 saturated heterocycles. The topological polar surface area (TPSA) is 127 Å². The van der Waals surface area contributed by atoms with E-state index in [0.717, 1.165) is 30.2 Å². The second-order valence-electron chi connectivity index (χ2n) is 13.4. The predicted octanol–water partition coefficient (Wildman–Crippen LogP) is 6.92. The first kappa shape index (κ1) is 32.2. The number of alkyl halides is 3. The molecule has 2 aromatic carbocycles. The van der Waals surface area contributed by atoms with Gasteiger partial charge in [0.15, 0.2) is 11.5 Å². The first-order valence-electron chi connectivity index (χ1n) is 15.4. The lowest BCUT2D eigenvalue weighted by Gasteiger charge is -2.34. The molecule has 3 N–H and O–H groups in total. The third-order valence-electron chi connectivity index (χ3n) is 8.44. The fraction of sp³-hybridized carbons (Fsp3) is 0.455. The van der Waals surface area contributed by atoms with E-state index in [4.69, 9.17) is 14.2 Å². The number of ether oxygens (including phenoxy) is 3. The molecule has 2 amide bonds. The van der Waals surface area contributed by atoms with Gasteiger partial charge in [0.1, 0.15) is 17.0 Å². The molecule has 1 unspecified atom stereocenters. The van der Waals surface area contributed by atoms with E-state index in [1.807, 2.05) is 26.8 Å². The summed E-state index contributed by atoms with van der Waals surface area (Å²) in [4.78, 5) is 35.1. The van der Waals surface area contributed by atoms with E-state index in [1.54, 1.807) is 43.0 Å². The van der Waals surface area contributed by atoms with Gasteiger partial charge in [-0.1, -0.05) is 18.2 Å². The number of aromatic nitrogens is 2. The van der Waals surface area contributed by atoms with Crippen LogP contribution in [-0.4, -0.2) is 52.4 Å². The molecule has 1 aromatic heterocycles. The van der Waals surface area contributed by atoms with Crippen LogP contribution < -0.4 is 25.4 Å². The molecule has 4 heterocycles. The Kier molecular flexibility index (Phi) is 8.09. The maximum absolute atomic E-state index is 14.0. The van der Waals surface area contributed by atoms with Gasteiger partial charge in [0.25, 0.3) is 0 Å². The van der Waals surface area contributed by atoms with Gasteiger partial charge in [-0.05, 0) is 70.7 Å². The number of nitrogens with one attached hydrogen (secondary N) is 3. The molecule has 0 saturated carbocycles. The van der Waals surface area contributed by atoms with E-state index in [9.17, 15) is 22.8 Å². The van der Waals surface area contributed by atoms with Crippen molar-refractivity contribution >= 4 is 35.1 Å². The van der Waals surface area contributed by atoms with Crippen LogP contribution in [0.2, 0.25) is 0 Å². The van der Waals surface area contributed by atoms with Gasteiger partial charge < -0.3 is 35.1 Å². The number of nitrogens with zero attached hydrogens (tertiary/aromatic N) is 3. The number of hydrogen-bond donors (Lipinski definition) is 3. The third kappa shape index (κ3) is 6.45. The van der Waals surface area contributed by atoms with Crippen LogP contribution in [0.25, 0.3) is 0 Å². The number of likely N-dealkylation sites (tertiary alicyclic amines) is 1. The van der Waals surface area contributed by atoms with Gasteiger partial charge in [0.2, 0.25) is 18.6 Å². The fourth-order valence-electron chi connectivity index (χ4n) is 6.23. The molecule has 0 aliphatic carbocycles. The molecule has 1 fully saturated rings. The molecule has 1 atom stereocenters. The highest BCUT2D eigenvalue weighted by Gasteiger charge is 2.41. The minimum absolute atomic E-state index is 0.0101. The zero-order valence-electron chi connectivity index (χ0n) is 26.8. The number of anilines is 4. The largest absolute Gasteiger partial charge is 0.453 e. The van der Waals surface area contributed by atoms with E-state index in [1.165, 1.54) is 0 Å². The molecule has 47 heavy (non-hydrogen) atoms. The van der Waals surface area contributed by atoms with Gasteiger partial charge in [-0.25, -0.2) is 9.78 Å². The lowest BCUT2D eigenvalue weighted by molar-refractivity contribution is -0.137. The number of piperidine rings is 1. The maximum Gasteiger partial charge on any atom is 0.421 e. The number of benzene rings is 2. The van der Waals surface area contributed by atoms with Crippen LogP contribution in [0.1, 0.15) is 75.6 Å². The minimum Gasteiger partial charge on any atom is -0.453 e. The van der Waals surface area contributed by atoms with Crippen molar-refractivity contribution in [2.45, 2.75) is 77.1 Å². The van der Waals surface area contributed by atoms with Gasteiger partial charge in [0, 0.05) is 43.0 Å². The lowest BCUT2D eigenvalue weighted by Crippen LogP contribution is -2.42. The highest BCUT2D eigenvalue weighted by atomic mass is 19.4. The van der Waals surface area contributed by atoms with E-state index in [2.05, 4.69) is 25.9 Å². The van der Waals surface area contributed by atoms with E-state index < -0.39 is 28.6 Å². The van der Waals surface area contributed by atoms with Gasteiger partial charge >= 0.3 is 12.3 Å². The number of amides is 2. The third-order valence-corrected chi connectivity index (χ3v) is 8.44. The molecule has 0 radical (unpaired) electrons. The first-order chi connectivity index (χ1) is 22.1. The Morgan fingerprint density at radius 1 is 1.15 bits per heavy atom. The van der Waals surface area contributed by atoms with E-state index in [0.29, 0.717) is 41.5 Å². The molecule has 6 rings (SSSR count). The van der Waals surface area contributed by atoms with Crippen LogP contribution in [0, 0.1) is 0 Å². The van der Waals surface area contributed by atoms with Gasteiger partial charge in [-0.3, -0.25) is 4.79 Å². The van der Waals surface area contributed by atoms with Crippen LogP contribution in [0.15, 0.2) is 36.5 Å². The number of fused-ring (bicyclic) bond motifs is 2. The summed E-state index contributed by atoms with van der Waals surface area (Å²) in [7, 11) is 0. The number of halogens is 3. The highest BCUT2D eigenvalue weighted by molar-refractivity contribution is 6.06. The average molecular weight is 655 g/mol. The number of carbonyl (C=O) groups is 2. The minimum atomic E-state index is -4.72. The van der Waals surface area contributed by atoms with E-state index >= 15 is 0 Å². The zero-order chi connectivity index (χ0) is 33.7. The molecule has 14 heteroatoms. The lowest BCUT2D eigenvalue weighted by atomic mass is 9.83. The maximum atomic E-state index is 14.0. The normalized spacial score (nSPS) is 18.4. The molecule has 0 spiro atoms. The fourth-order valence-corrected chi connectivity index (χ4v) is 6.23. The van der Waals surface area contributed by atoms with Crippen molar-refractivity contribution in [3.63, 3.8) is 0 Å². The van der Waals surface area contributed by atoms with Crippen LogP contribution >= 0.6 is 0 Å². The van der Waals surface area contributed by atoms with Crippen molar-refractivity contribution in [3.8, 4) is 11.5 Å². The van der Waals surface area contributed by atoms with Gasteiger partial charge in [0.05, 0.1) is 11.1 Å². The molecular weight excluding hydrogens is 617 g/mol. The Bertz CT molecular complexity index is 1720. The second-order valence-corrected chi connectivity index (χ2v) is 13.4. The van der Waals surface area contributed by atoms with Crippen molar-refractivity contribution < 1.29 is 37.0 Å². The molecule has 3 aliphatic rings. The van der Waals surface area contributed by atoms with Gasteiger partial charge in [-0.2, -0.15) is 18.2 Å². The van der Waals surface area contributed by atoms with Crippen LogP contribution in [0.5, 0.6) is 11.5 Å². The Balaban J connectivity index is 1.24. The molecular formula is C33H37F3N6O5. The summed E-state index contributed by atoms with van der Waals surface area (Å²) < 4.78 is 59.3. The molecule has 250 valence electrons. The average Bonchev–Trinajstić information content (AvgIpc) is 3.58. The Morgan fingerprint density at radius 3 is 2.66 bits per heavy atom. The molecule has 11 nitrogen and oxygen atoms in total. The Labute approximate surface area is 270 Å². The summed E-state index contributed by atoms with van der Waals surface area (Å²) in [6, 6.07) is 8.87. The highest BCUT2D eigenvalue weighted by Crippen LogP contribution is 2.47. The summed E-state index contributed by atoms with van der Waals surface area (Å²) in [6.07, 6.45) is -2.76. The van der Waals surface area contributed by atoms with Crippen molar-refractivity contribution in [3.05, 3.63) is 58.8 Å². The smallest absolute Gasteiger partial charge is 0.421 e. The van der Waals surface area contributed by atoms with Crippen molar-refractivity contribution in [1.82, 2.24) is 14.9 Å². The first-order valence-corrected chi connectivity index (χ1v) is 15.4. The summed E-state index contributed by atoms with van der Waals surface area (Å²) >= 11 is 0. The molecule has 3 aliphatic heterocycles. The summed E-state index contributed by atoms with van der Waals surface area (Å²) in [6.45, 7) is 10.00. The Hall–Kier alpha value is -4.75. The quantitative estimate of drug-likeness (QED) is 0.260. The summed E-state index contributed by atoms with van der Waals surface area (Å²) in [5, 5.41) is 8.65. The Morgan fingerprint density at radius 2 is 1.91 bits per heavy atom. The predicted molar refractivity (Wildman–Crippen MR) is 168 cm³/mol. The standard InChI is InChI=1S/C33H37F3N6O5/c1-31(2,3)47-30(44)42-13-7-9-19(16-42)20-11-12-23(26-25(20)45-17-46-26)40-29-38-15-21(33(34,35)36)27(41-29)37-14-18-8-6-10-22-24(18)32(4,5)28(43)39-22/h6,8,10-12,15,19H,7,9,13-14,16-17H2,1-5H3,(H,39,43)(H2,37,38,40,41). The van der Waals surface area contributed by atoms with Crippen LogP contribution in [-0.2, 0) is 27.7 Å². The molecule has 3 aromatic rings. The van der Waals surface area contributed by atoms with Crippen molar-refractivity contribution in [1.29, 1.82) is 0 Å². The zero-order valence-corrected chi connectivity index (χ0v) is 26.8. The van der Waals surface area contributed by atoms with E-state index in [-0.39, 0.29) is 37.2 Å². The second kappa shape index (κ2) is 11.8. The van der Waals surface area contributed by atoms with Crippen molar-refractivity contribution in [2.24, 2.45) is 0 Å². The summed E-state index contributed by atoms with van der Waals surface area (Å²) in [5.74, 6) is 0.161. The summed E-state index contributed by atoms with van der Waals surface area (Å²) in [5.41, 5.74) is 0.803. The van der Waals surface area contributed by atoms with Crippen LogP contribution in [0.3, 0.4) is 0 Å². The van der Waals surface area contributed by atoms with Crippen LogP contribution in [0.4, 0.5) is 41.1 Å². The SMILES string of the molecule is CC(C)(C)OC(=O)N1CCCC(c2ccc(Nc3ncc(C(F)(F)F)c(NCc4cccc5c4C(C)(C)C(=O)N5)n3)c3c2OCO3)C1. The van der Waals surface area contributed by atoms with Crippen molar-refractivity contribution in [2.75, 3.05) is 35.8 Å². The van der Waals surface area contributed by atoms with Gasteiger partial charge in [-0.15, -0.1) is 0 Å². The molecule has 0 bridgehead atoms. The monoisotopic (exact) mass is 654 g/mol. The number of hydrogen-bond acceptors (Lipinski definition) is 9.